The smallest absolute Gasteiger partial charge is 0.341 e. The summed E-state index contributed by atoms with van der Waals surface area (Å²) in [5.74, 6) is -0.749. The van der Waals surface area contributed by atoms with Crippen molar-refractivity contribution in [1.29, 1.82) is 0 Å². The van der Waals surface area contributed by atoms with Crippen molar-refractivity contribution < 1.29 is 14.3 Å². The van der Waals surface area contributed by atoms with E-state index in [0.29, 0.717) is 16.1 Å². The maximum atomic E-state index is 13.6. The van der Waals surface area contributed by atoms with Crippen molar-refractivity contribution in [1.82, 2.24) is 4.98 Å². The molecule has 3 aromatic carbocycles. The van der Waals surface area contributed by atoms with Crippen LogP contribution in [0.5, 0.6) is 0 Å². The summed E-state index contributed by atoms with van der Waals surface area (Å²) < 4.78 is 6.19. The first-order valence-corrected chi connectivity index (χ1v) is 11.8. The number of para-hydroxylation sites is 1. The number of carbonyl (C=O) groups is 2. The number of nitrogens with zero attached hydrogens (tertiary/aromatic N) is 1. The van der Waals surface area contributed by atoms with Crippen LogP contribution in [0.2, 0.25) is 0 Å². The van der Waals surface area contributed by atoms with E-state index in [1.54, 1.807) is 6.92 Å². The molecule has 0 aliphatic heterocycles. The van der Waals surface area contributed by atoms with Gasteiger partial charge < -0.3 is 10.1 Å². The third-order valence-corrected chi connectivity index (χ3v) is 6.77. The minimum Gasteiger partial charge on any atom is -0.462 e. The Morgan fingerprint density at radius 2 is 1.65 bits per heavy atom. The number of esters is 1. The molecule has 2 heterocycles. The molecule has 0 saturated heterocycles. The molecule has 5 nitrogen and oxygen atoms in total. The number of ether oxygens (including phenoxy) is 1. The number of hydrogen-bond acceptors (Lipinski definition) is 5. The summed E-state index contributed by atoms with van der Waals surface area (Å²) in [4.78, 5) is 31.2. The van der Waals surface area contributed by atoms with E-state index in [0.717, 1.165) is 37.8 Å². The molecule has 0 atom stereocenters. The average molecular weight is 467 g/mol. The number of aryl methyl sites for hydroxylation is 1. The van der Waals surface area contributed by atoms with Gasteiger partial charge in [-0.1, -0.05) is 60.7 Å². The Labute approximate surface area is 201 Å². The third kappa shape index (κ3) is 3.93. The lowest BCUT2D eigenvalue weighted by Gasteiger charge is -2.12. The molecule has 1 N–H and O–H groups in total. The molecule has 168 valence electrons. The maximum Gasteiger partial charge on any atom is 0.341 e. The van der Waals surface area contributed by atoms with Gasteiger partial charge in [-0.15, -0.1) is 11.3 Å². The van der Waals surface area contributed by atoms with Crippen molar-refractivity contribution in [3.8, 4) is 11.3 Å². The Bertz CT molecular complexity index is 1550. The quantitative estimate of drug-likeness (QED) is 0.288. The maximum absolute atomic E-state index is 13.6. The highest BCUT2D eigenvalue weighted by atomic mass is 32.1. The highest BCUT2D eigenvalue weighted by Crippen LogP contribution is 2.37. The highest BCUT2D eigenvalue weighted by molar-refractivity contribution is 7.23. The molecule has 6 heteroatoms. The molecular formula is C28H22N2O3S. The monoisotopic (exact) mass is 466 g/mol. The second-order valence-corrected chi connectivity index (χ2v) is 8.92. The fourth-order valence-corrected chi connectivity index (χ4v) is 5.16. The molecule has 0 spiro atoms. The first-order valence-electron chi connectivity index (χ1n) is 11.0. The lowest BCUT2D eigenvalue weighted by atomic mass is 10.0. The van der Waals surface area contributed by atoms with Crippen LogP contribution < -0.4 is 5.32 Å². The van der Waals surface area contributed by atoms with Gasteiger partial charge in [-0.25, -0.2) is 9.78 Å². The van der Waals surface area contributed by atoms with Gasteiger partial charge in [0, 0.05) is 21.0 Å². The lowest BCUT2D eigenvalue weighted by molar-refractivity contribution is 0.0530. The van der Waals surface area contributed by atoms with Crippen molar-refractivity contribution in [3.63, 3.8) is 0 Å². The van der Waals surface area contributed by atoms with Gasteiger partial charge in [-0.3, -0.25) is 4.79 Å². The number of thiophene rings is 1. The van der Waals surface area contributed by atoms with Crippen LogP contribution in [0.1, 0.15) is 33.2 Å². The Morgan fingerprint density at radius 3 is 2.44 bits per heavy atom. The van der Waals surface area contributed by atoms with Crippen molar-refractivity contribution in [2.75, 3.05) is 11.9 Å². The van der Waals surface area contributed by atoms with Crippen LogP contribution in [0.4, 0.5) is 5.00 Å². The van der Waals surface area contributed by atoms with Crippen molar-refractivity contribution >= 4 is 49.2 Å². The van der Waals surface area contributed by atoms with E-state index in [4.69, 9.17) is 9.72 Å². The van der Waals surface area contributed by atoms with Gasteiger partial charge in [0.25, 0.3) is 5.91 Å². The molecule has 5 rings (SSSR count). The molecule has 0 radical (unpaired) electrons. The SMILES string of the molecule is CCOC(=O)c1c(NC(=O)c2cc(-c3ccccc3C)nc3ccccc23)sc2ccccc12. The van der Waals surface area contributed by atoms with Gasteiger partial charge in [-0.2, -0.15) is 0 Å². The first-order chi connectivity index (χ1) is 16.6. The summed E-state index contributed by atoms with van der Waals surface area (Å²) in [5.41, 5.74) is 4.38. The summed E-state index contributed by atoms with van der Waals surface area (Å²) in [6.45, 7) is 4.04. The van der Waals surface area contributed by atoms with E-state index >= 15 is 0 Å². The van der Waals surface area contributed by atoms with Crippen LogP contribution in [-0.2, 0) is 4.74 Å². The number of pyridine rings is 1. The number of benzene rings is 3. The molecular weight excluding hydrogens is 444 g/mol. The van der Waals surface area contributed by atoms with Gasteiger partial charge >= 0.3 is 5.97 Å². The summed E-state index contributed by atoms with van der Waals surface area (Å²) in [5, 5.41) is 4.98. The zero-order valence-electron chi connectivity index (χ0n) is 18.8. The number of amides is 1. The fraction of sp³-hybridized carbons (Fsp3) is 0.107. The molecule has 34 heavy (non-hydrogen) atoms. The number of aromatic nitrogens is 1. The number of rotatable bonds is 5. The predicted octanol–water partition coefficient (Wildman–Crippen LogP) is 6.85. The van der Waals surface area contributed by atoms with E-state index in [2.05, 4.69) is 5.32 Å². The van der Waals surface area contributed by atoms with E-state index in [1.165, 1.54) is 11.3 Å². The average Bonchev–Trinajstić information content (AvgIpc) is 3.21. The third-order valence-electron chi connectivity index (χ3n) is 5.68. The molecule has 0 aliphatic carbocycles. The Hall–Kier alpha value is -4.03. The minimum atomic E-state index is -0.449. The van der Waals surface area contributed by atoms with Crippen LogP contribution in [-0.4, -0.2) is 23.5 Å². The van der Waals surface area contributed by atoms with Crippen LogP contribution in [0, 0.1) is 6.92 Å². The summed E-state index contributed by atoms with van der Waals surface area (Å²) in [7, 11) is 0. The van der Waals surface area contributed by atoms with E-state index in [-0.39, 0.29) is 12.5 Å². The van der Waals surface area contributed by atoms with E-state index in [1.807, 2.05) is 85.8 Å². The fourth-order valence-electron chi connectivity index (χ4n) is 4.07. The van der Waals surface area contributed by atoms with Crippen LogP contribution >= 0.6 is 11.3 Å². The number of anilines is 1. The Morgan fingerprint density at radius 1 is 0.941 bits per heavy atom. The molecule has 0 bridgehead atoms. The summed E-state index contributed by atoms with van der Waals surface area (Å²) in [6, 6.07) is 24.9. The van der Waals surface area contributed by atoms with E-state index in [9.17, 15) is 9.59 Å². The molecule has 1 amide bonds. The number of nitrogens with one attached hydrogen (secondary N) is 1. The molecule has 5 aromatic rings. The van der Waals surface area contributed by atoms with Gasteiger partial charge in [-0.05, 0) is 37.6 Å². The Balaban J connectivity index is 1.63. The summed E-state index contributed by atoms with van der Waals surface area (Å²) in [6.07, 6.45) is 0. The molecule has 2 aromatic heterocycles. The predicted molar refractivity (Wildman–Crippen MR) is 138 cm³/mol. The summed E-state index contributed by atoms with van der Waals surface area (Å²) >= 11 is 1.36. The topological polar surface area (TPSA) is 68.3 Å². The molecule has 0 fully saturated rings. The lowest BCUT2D eigenvalue weighted by Crippen LogP contribution is -2.15. The normalized spacial score (nSPS) is 11.0. The molecule has 0 unspecified atom stereocenters. The first kappa shape index (κ1) is 21.8. The van der Waals surface area contributed by atoms with Crippen LogP contribution in [0.25, 0.3) is 32.2 Å². The zero-order chi connectivity index (χ0) is 23.7. The van der Waals surface area contributed by atoms with Crippen LogP contribution in [0.15, 0.2) is 78.9 Å². The number of fused-ring (bicyclic) bond motifs is 2. The van der Waals surface area contributed by atoms with Crippen molar-refractivity contribution in [2.24, 2.45) is 0 Å². The zero-order valence-corrected chi connectivity index (χ0v) is 19.6. The van der Waals surface area contributed by atoms with Gasteiger partial charge in [0.1, 0.15) is 10.6 Å². The largest absolute Gasteiger partial charge is 0.462 e. The Kier molecular flexibility index (Phi) is 5.82. The number of hydrogen-bond donors (Lipinski definition) is 1. The molecule has 0 aliphatic rings. The van der Waals surface area contributed by atoms with Gasteiger partial charge in [0.15, 0.2) is 0 Å². The minimum absolute atomic E-state index is 0.255. The second-order valence-electron chi connectivity index (χ2n) is 7.86. The second kappa shape index (κ2) is 9.08. The molecule has 0 saturated carbocycles. The van der Waals surface area contributed by atoms with E-state index < -0.39 is 5.97 Å². The van der Waals surface area contributed by atoms with Crippen molar-refractivity contribution in [2.45, 2.75) is 13.8 Å². The van der Waals surface area contributed by atoms with Gasteiger partial charge in [0.05, 0.1) is 23.4 Å². The number of carbonyl (C=O) groups excluding carboxylic acids is 2. The highest BCUT2D eigenvalue weighted by Gasteiger charge is 2.23. The van der Waals surface area contributed by atoms with Crippen molar-refractivity contribution in [3.05, 3.63) is 95.6 Å². The standard InChI is InChI=1S/C28H22N2O3S/c1-3-33-28(32)25-20-13-7-9-15-24(20)34-27(25)30-26(31)21-16-23(18-11-5-4-10-17(18)2)29-22-14-8-6-12-19(21)22/h4-16H,3H2,1-2H3,(H,30,31). The van der Waals surface area contributed by atoms with Crippen LogP contribution in [0.3, 0.4) is 0 Å². The van der Waals surface area contributed by atoms with Gasteiger partial charge in [0.2, 0.25) is 0 Å².